The Morgan fingerprint density at radius 3 is 2.68 bits per heavy atom. The van der Waals surface area contributed by atoms with Crippen LogP contribution in [0.25, 0.3) is 10.1 Å². The summed E-state index contributed by atoms with van der Waals surface area (Å²) < 4.78 is 0.833. The number of amides is 1. The van der Waals surface area contributed by atoms with Crippen molar-refractivity contribution in [2.75, 3.05) is 11.9 Å². The van der Waals surface area contributed by atoms with Gasteiger partial charge in [-0.15, -0.1) is 11.3 Å². The third-order valence-electron chi connectivity index (χ3n) is 3.46. The highest BCUT2D eigenvalue weighted by atomic mass is 35.5. The molecule has 0 saturated heterocycles. The molecule has 1 amide bonds. The summed E-state index contributed by atoms with van der Waals surface area (Å²) in [4.78, 5) is 18.9. The number of nitrogens with zero attached hydrogens (tertiary/aromatic N) is 2. The largest absolute Gasteiger partial charge is 0.326 e. The zero-order valence-electron chi connectivity index (χ0n) is 11.9. The van der Waals surface area contributed by atoms with Gasteiger partial charge in [-0.2, -0.15) is 0 Å². The highest BCUT2D eigenvalue weighted by molar-refractivity contribution is 7.21. The van der Waals surface area contributed by atoms with E-state index in [1.165, 1.54) is 11.3 Å². The number of nitrogens with two attached hydrogens (primary N) is 1. The first-order valence-electron chi connectivity index (χ1n) is 6.71. The summed E-state index contributed by atoms with van der Waals surface area (Å²) in [6, 6.07) is 11.3. The molecule has 0 aliphatic carbocycles. The molecule has 0 aliphatic rings. The van der Waals surface area contributed by atoms with E-state index >= 15 is 0 Å². The summed E-state index contributed by atoms with van der Waals surface area (Å²) in [6.07, 6.45) is 1.64. The molecule has 4 nitrogen and oxygen atoms in total. The molecular formula is C16H14ClN3OS. The van der Waals surface area contributed by atoms with Gasteiger partial charge in [-0.25, -0.2) is 4.98 Å². The Hall–Kier alpha value is -1.95. The Balaban J connectivity index is 1.92. The van der Waals surface area contributed by atoms with Crippen molar-refractivity contribution >= 4 is 44.6 Å². The molecule has 0 aliphatic heterocycles. The van der Waals surface area contributed by atoms with Gasteiger partial charge in [-0.05, 0) is 35.2 Å². The number of pyridine rings is 1. The SMILES string of the molecule is CN(C(=O)c1cc2ccnc(Cl)c2s1)c1ccc(CN)cc1. The maximum absolute atomic E-state index is 12.6. The van der Waals surface area contributed by atoms with E-state index in [2.05, 4.69) is 4.98 Å². The van der Waals surface area contributed by atoms with Crippen LogP contribution in [0.1, 0.15) is 15.2 Å². The van der Waals surface area contributed by atoms with Crippen LogP contribution < -0.4 is 10.6 Å². The van der Waals surface area contributed by atoms with Crippen LogP contribution in [0, 0.1) is 0 Å². The van der Waals surface area contributed by atoms with Crippen molar-refractivity contribution < 1.29 is 4.79 Å². The molecular weight excluding hydrogens is 318 g/mol. The number of rotatable bonds is 3. The van der Waals surface area contributed by atoms with Crippen LogP contribution in [0.4, 0.5) is 5.69 Å². The molecule has 0 atom stereocenters. The highest BCUT2D eigenvalue weighted by Gasteiger charge is 2.17. The summed E-state index contributed by atoms with van der Waals surface area (Å²) in [5.41, 5.74) is 7.44. The molecule has 6 heteroatoms. The fourth-order valence-electron chi connectivity index (χ4n) is 2.18. The molecule has 0 unspecified atom stereocenters. The van der Waals surface area contributed by atoms with Crippen molar-refractivity contribution in [1.29, 1.82) is 0 Å². The predicted octanol–water partition coefficient (Wildman–Crippen LogP) is 3.69. The number of carbonyl (C=O) groups is 1. The van der Waals surface area contributed by atoms with Crippen LogP contribution in [0.2, 0.25) is 5.15 Å². The number of hydrogen-bond donors (Lipinski definition) is 1. The molecule has 0 radical (unpaired) electrons. The monoisotopic (exact) mass is 331 g/mol. The van der Waals surface area contributed by atoms with Crippen molar-refractivity contribution in [2.45, 2.75) is 6.54 Å². The molecule has 2 aromatic heterocycles. The van der Waals surface area contributed by atoms with Crippen LogP contribution in [0.5, 0.6) is 0 Å². The summed E-state index contributed by atoms with van der Waals surface area (Å²) >= 11 is 7.42. The van der Waals surface area contributed by atoms with E-state index in [9.17, 15) is 4.79 Å². The number of benzene rings is 1. The van der Waals surface area contributed by atoms with Gasteiger partial charge in [0.25, 0.3) is 5.91 Å². The van der Waals surface area contributed by atoms with Crippen LogP contribution >= 0.6 is 22.9 Å². The van der Waals surface area contributed by atoms with Crippen molar-refractivity contribution in [2.24, 2.45) is 5.73 Å². The molecule has 0 spiro atoms. The number of halogens is 1. The van der Waals surface area contributed by atoms with E-state index in [4.69, 9.17) is 17.3 Å². The fourth-order valence-corrected chi connectivity index (χ4v) is 3.47. The molecule has 3 aromatic rings. The first-order valence-corrected chi connectivity index (χ1v) is 7.90. The third kappa shape index (κ3) is 2.70. The van der Waals surface area contributed by atoms with E-state index in [0.29, 0.717) is 16.6 Å². The summed E-state index contributed by atoms with van der Waals surface area (Å²) in [5, 5.41) is 1.36. The minimum Gasteiger partial charge on any atom is -0.326 e. The Labute approximate surface area is 137 Å². The zero-order valence-corrected chi connectivity index (χ0v) is 13.5. The lowest BCUT2D eigenvalue weighted by Gasteiger charge is -2.16. The third-order valence-corrected chi connectivity index (χ3v) is 5.01. The van der Waals surface area contributed by atoms with Gasteiger partial charge in [-0.3, -0.25) is 4.79 Å². The minimum atomic E-state index is -0.0715. The van der Waals surface area contributed by atoms with Gasteiger partial charge in [0.05, 0.1) is 9.58 Å². The molecule has 0 fully saturated rings. The number of anilines is 1. The average Bonchev–Trinajstić information content (AvgIpc) is 2.99. The van der Waals surface area contributed by atoms with Gasteiger partial charge >= 0.3 is 0 Å². The molecule has 1 aromatic carbocycles. The molecule has 0 saturated carbocycles. The van der Waals surface area contributed by atoms with E-state index in [1.54, 1.807) is 18.1 Å². The number of carbonyl (C=O) groups excluding carboxylic acids is 1. The summed E-state index contributed by atoms with van der Waals surface area (Å²) in [7, 11) is 1.75. The normalized spacial score (nSPS) is 10.9. The van der Waals surface area contributed by atoms with Crippen molar-refractivity contribution in [3.8, 4) is 0 Å². The number of thiophene rings is 1. The van der Waals surface area contributed by atoms with Crippen LogP contribution in [-0.2, 0) is 6.54 Å². The molecule has 112 valence electrons. The van der Waals surface area contributed by atoms with E-state index in [0.717, 1.165) is 21.3 Å². The summed E-state index contributed by atoms with van der Waals surface area (Å²) in [6.45, 7) is 0.486. The maximum atomic E-state index is 12.6. The molecule has 0 bridgehead atoms. The number of aromatic nitrogens is 1. The number of hydrogen-bond acceptors (Lipinski definition) is 4. The fraction of sp³-hybridized carbons (Fsp3) is 0.125. The average molecular weight is 332 g/mol. The smallest absolute Gasteiger partial charge is 0.268 e. The molecule has 2 N–H and O–H groups in total. The number of fused-ring (bicyclic) bond motifs is 1. The van der Waals surface area contributed by atoms with E-state index in [-0.39, 0.29) is 5.91 Å². The first-order chi connectivity index (χ1) is 10.6. The molecule has 22 heavy (non-hydrogen) atoms. The Morgan fingerprint density at radius 1 is 1.32 bits per heavy atom. The Bertz CT molecular complexity index is 829. The van der Waals surface area contributed by atoms with Crippen molar-refractivity contribution in [3.63, 3.8) is 0 Å². The van der Waals surface area contributed by atoms with Gasteiger partial charge in [0.1, 0.15) is 5.15 Å². The lowest BCUT2D eigenvalue weighted by molar-refractivity contribution is 0.0997. The zero-order chi connectivity index (χ0) is 15.7. The van der Waals surface area contributed by atoms with Crippen molar-refractivity contribution in [3.05, 3.63) is 58.2 Å². The van der Waals surface area contributed by atoms with Gasteiger partial charge in [0, 0.05) is 25.5 Å². The van der Waals surface area contributed by atoms with Gasteiger partial charge in [0.2, 0.25) is 0 Å². The van der Waals surface area contributed by atoms with Crippen LogP contribution in [0.15, 0.2) is 42.6 Å². The first kappa shape index (κ1) is 15.0. The Kier molecular flexibility index (Phi) is 4.11. The predicted molar refractivity (Wildman–Crippen MR) is 91.7 cm³/mol. The standard InChI is InChI=1S/C16H14ClN3OS/c1-20(12-4-2-10(9-18)3-5-12)16(21)13-8-11-6-7-19-15(17)14(11)22-13/h2-8H,9,18H2,1H3. The lowest BCUT2D eigenvalue weighted by Crippen LogP contribution is -2.25. The highest BCUT2D eigenvalue weighted by Crippen LogP contribution is 2.31. The van der Waals surface area contributed by atoms with Gasteiger partial charge in [-0.1, -0.05) is 23.7 Å². The minimum absolute atomic E-state index is 0.0715. The molecule has 3 rings (SSSR count). The van der Waals surface area contributed by atoms with E-state index < -0.39 is 0 Å². The van der Waals surface area contributed by atoms with Gasteiger partial charge in [0.15, 0.2) is 0 Å². The second-order valence-corrected chi connectivity index (χ2v) is 6.28. The quantitative estimate of drug-likeness (QED) is 0.745. The second kappa shape index (κ2) is 6.04. The molecule has 2 heterocycles. The second-order valence-electron chi connectivity index (χ2n) is 4.87. The lowest BCUT2D eigenvalue weighted by atomic mass is 10.2. The van der Waals surface area contributed by atoms with Gasteiger partial charge < -0.3 is 10.6 Å². The van der Waals surface area contributed by atoms with E-state index in [1.807, 2.05) is 36.4 Å². The van der Waals surface area contributed by atoms with Crippen LogP contribution in [-0.4, -0.2) is 17.9 Å². The maximum Gasteiger partial charge on any atom is 0.268 e. The van der Waals surface area contributed by atoms with Crippen LogP contribution in [0.3, 0.4) is 0 Å². The summed E-state index contributed by atoms with van der Waals surface area (Å²) in [5.74, 6) is -0.0715. The van der Waals surface area contributed by atoms with Crippen molar-refractivity contribution in [1.82, 2.24) is 4.98 Å². The topological polar surface area (TPSA) is 59.2 Å². The Morgan fingerprint density at radius 2 is 2.05 bits per heavy atom.